The first-order valence-electron chi connectivity index (χ1n) is 9.66. The van der Waals surface area contributed by atoms with Crippen LogP contribution in [0.5, 0.6) is 5.75 Å². The number of amides is 1. The van der Waals surface area contributed by atoms with Crippen LogP contribution in [0.3, 0.4) is 0 Å². The summed E-state index contributed by atoms with van der Waals surface area (Å²) in [5.74, 6) is 1.01. The van der Waals surface area contributed by atoms with Crippen molar-refractivity contribution in [2.75, 3.05) is 13.7 Å². The van der Waals surface area contributed by atoms with Crippen molar-refractivity contribution in [1.82, 2.24) is 9.88 Å². The molecule has 0 bridgehead atoms. The maximum atomic E-state index is 13.2. The van der Waals surface area contributed by atoms with Gasteiger partial charge in [-0.3, -0.25) is 9.78 Å². The molecule has 0 radical (unpaired) electrons. The summed E-state index contributed by atoms with van der Waals surface area (Å²) in [4.78, 5) is 19.5. The highest BCUT2D eigenvalue weighted by molar-refractivity contribution is 5.78. The van der Waals surface area contributed by atoms with Gasteiger partial charge in [-0.1, -0.05) is 42.5 Å². The van der Waals surface area contributed by atoms with E-state index in [0.717, 1.165) is 36.3 Å². The Morgan fingerprint density at radius 3 is 2.68 bits per heavy atom. The van der Waals surface area contributed by atoms with Crippen molar-refractivity contribution in [1.29, 1.82) is 0 Å². The molecule has 3 aromatic rings. The number of hydrogen-bond acceptors (Lipinski definition) is 3. The summed E-state index contributed by atoms with van der Waals surface area (Å²) in [6.07, 6.45) is 5.75. The Morgan fingerprint density at radius 1 is 1.11 bits per heavy atom. The van der Waals surface area contributed by atoms with Crippen molar-refractivity contribution in [2.24, 2.45) is 0 Å². The molecule has 1 aliphatic heterocycles. The van der Waals surface area contributed by atoms with Gasteiger partial charge in [0.1, 0.15) is 5.75 Å². The maximum Gasteiger partial charge on any atom is 0.223 e. The van der Waals surface area contributed by atoms with E-state index in [-0.39, 0.29) is 11.9 Å². The number of pyridine rings is 1. The van der Waals surface area contributed by atoms with Crippen LogP contribution in [0.2, 0.25) is 0 Å². The fourth-order valence-electron chi connectivity index (χ4n) is 3.92. The topological polar surface area (TPSA) is 42.4 Å². The van der Waals surface area contributed by atoms with E-state index in [1.807, 2.05) is 47.5 Å². The summed E-state index contributed by atoms with van der Waals surface area (Å²) >= 11 is 0. The molecular formula is C24H24N2O2. The van der Waals surface area contributed by atoms with Gasteiger partial charge < -0.3 is 9.64 Å². The normalized spacial score (nSPS) is 15.8. The van der Waals surface area contributed by atoms with Crippen molar-refractivity contribution >= 4 is 5.91 Å². The lowest BCUT2D eigenvalue weighted by Crippen LogP contribution is -2.40. The second-order valence-electron chi connectivity index (χ2n) is 7.07. The van der Waals surface area contributed by atoms with E-state index < -0.39 is 0 Å². The molecule has 1 atom stereocenters. The average molecular weight is 372 g/mol. The minimum absolute atomic E-state index is 0.0676. The Hall–Kier alpha value is -3.14. The SMILES string of the molecule is COc1ccc(CCC(=O)N2CCc3ccccc3C2c2cccnc2)cc1. The number of fused-ring (bicyclic) bond motifs is 1. The molecule has 1 unspecified atom stereocenters. The van der Waals surface area contributed by atoms with E-state index >= 15 is 0 Å². The number of aryl methyl sites for hydroxylation is 1. The first-order valence-corrected chi connectivity index (χ1v) is 9.66. The number of rotatable bonds is 5. The number of ether oxygens (including phenoxy) is 1. The summed E-state index contributed by atoms with van der Waals surface area (Å²) in [6.45, 7) is 0.734. The van der Waals surface area contributed by atoms with Gasteiger partial charge in [-0.05, 0) is 53.3 Å². The third kappa shape index (κ3) is 3.77. The molecule has 0 saturated heterocycles. The van der Waals surface area contributed by atoms with E-state index in [2.05, 4.69) is 29.2 Å². The van der Waals surface area contributed by atoms with E-state index in [1.54, 1.807) is 13.3 Å². The smallest absolute Gasteiger partial charge is 0.223 e. The molecule has 1 aromatic heterocycles. The van der Waals surface area contributed by atoms with Gasteiger partial charge in [0, 0.05) is 25.4 Å². The second-order valence-corrected chi connectivity index (χ2v) is 7.07. The number of aromatic nitrogens is 1. The predicted octanol–water partition coefficient (Wildman–Crippen LogP) is 4.20. The largest absolute Gasteiger partial charge is 0.497 e. The number of methoxy groups -OCH3 is 1. The molecular weight excluding hydrogens is 348 g/mol. The quantitative estimate of drug-likeness (QED) is 0.674. The fourth-order valence-corrected chi connectivity index (χ4v) is 3.92. The van der Waals surface area contributed by atoms with Crippen LogP contribution in [0.1, 0.15) is 34.7 Å². The predicted molar refractivity (Wildman–Crippen MR) is 109 cm³/mol. The first-order chi connectivity index (χ1) is 13.8. The summed E-state index contributed by atoms with van der Waals surface area (Å²) in [5.41, 5.74) is 4.73. The number of nitrogens with zero attached hydrogens (tertiary/aromatic N) is 2. The van der Waals surface area contributed by atoms with Crippen LogP contribution in [0.4, 0.5) is 0 Å². The Kier molecular flexibility index (Phi) is 5.38. The summed E-state index contributed by atoms with van der Waals surface area (Å²) in [7, 11) is 1.66. The minimum atomic E-state index is -0.0676. The van der Waals surface area contributed by atoms with Gasteiger partial charge in [0.25, 0.3) is 0 Å². The zero-order chi connectivity index (χ0) is 19.3. The second kappa shape index (κ2) is 8.26. The highest BCUT2D eigenvalue weighted by Gasteiger charge is 2.31. The molecule has 142 valence electrons. The molecule has 0 spiro atoms. The molecule has 0 fully saturated rings. The van der Waals surface area contributed by atoms with E-state index in [4.69, 9.17) is 4.74 Å². The molecule has 28 heavy (non-hydrogen) atoms. The summed E-state index contributed by atoms with van der Waals surface area (Å²) < 4.78 is 5.21. The standard InChI is InChI=1S/C24H24N2O2/c1-28-21-11-8-18(9-12-21)10-13-23(27)26-16-14-19-5-2-3-7-22(19)24(26)20-6-4-15-25-17-20/h2-9,11-12,15,17,24H,10,13-14,16H2,1H3. The molecule has 0 saturated carbocycles. The zero-order valence-corrected chi connectivity index (χ0v) is 16.0. The van der Waals surface area contributed by atoms with E-state index in [1.165, 1.54) is 11.1 Å². The fraction of sp³-hybridized carbons (Fsp3) is 0.250. The van der Waals surface area contributed by atoms with E-state index in [9.17, 15) is 4.79 Å². The third-order valence-electron chi connectivity index (χ3n) is 5.39. The van der Waals surface area contributed by atoms with Crippen LogP contribution >= 0.6 is 0 Å². The molecule has 0 aliphatic carbocycles. The Labute approximate surface area is 165 Å². The van der Waals surface area contributed by atoms with Crippen molar-refractivity contribution in [3.8, 4) is 5.75 Å². The van der Waals surface area contributed by atoms with E-state index in [0.29, 0.717) is 6.42 Å². The number of benzene rings is 2. The van der Waals surface area contributed by atoms with Crippen molar-refractivity contribution in [3.63, 3.8) is 0 Å². The van der Waals surface area contributed by atoms with Crippen LogP contribution in [-0.4, -0.2) is 29.4 Å². The maximum absolute atomic E-state index is 13.2. The minimum Gasteiger partial charge on any atom is -0.497 e. The molecule has 1 aliphatic rings. The van der Waals surface area contributed by atoms with Crippen molar-refractivity contribution in [3.05, 3.63) is 95.3 Å². The molecule has 1 amide bonds. The van der Waals surface area contributed by atoms with Crippen LogP contribution in [0, 0.1) is 0 Å². The molecule has 4 rings (SSSR count). The zero-order valence-electron chi connectivity index (χ0n) is 16.0. The summed E-state index contributed by atoms with van der Waals surface area (Å²) in [6, 6.07) is 20.3. The average Bonchev–Trinajstić information content (AvgIpc) is 2.77. The lowest BCUT2D eigenvalue weighted by Gasteiger charge is -2.37. The van der Waals surface area contributed by atoms with Crippen molar-refractivity contribution < 1.29 is 9.53 Å². The highest BCUT2D eigenvalue weighted by Crippen LogP contribution is 2.35. The summed E-state index contributed by atoms with van der Waals surface area (Å²) in [5, 5.41) is 0. The van der Waals surface area contributed by atoms with Gasteiger partial charge in [-0.25, -0.2) is 0 Å². The monoisotopic (exact) mass is 372 g/mol. The molecule has 0 N–H and O–H groups in total. The van der Waals surface area contributed by atoms with Gasteiger partial charge in [0.15, 0.2) is 0 Å². The van der Waals surface area contributed by atoms with Crippen LogP contribution < -0.4 is 4.74 Å². The van der Waals surface area contributed by atoms with Crippen LogP contribution in [0.15, 0.2) is 73.1 Å². The van der Waals surface area contributed by atoms with Crippen molar-refractivity contribution in [2.45, 2.75) is 25.3 Å². The molecule has 2 aromatic carbocycles. The Morgan fingerprint density at radius 2 is 1.93 bits per heavy atom. The van der Waals surface area contributed by atoms with Gasteiger partial charge in [-0.2, -0.15) is 0 Å². The molecule has 4 nitrogen and oxygen atoms in total. The van der Waals surface area contributed by atoms with Gasteiger partial charge in [0.2, 0.25) is 5.91 Å². The first kappa shape index (κ1) is 18.2. The number of carbonyl (C=O) groups excluding carboxylic acids is 1. The number of carbonyl (C=O) groups is 1. The van der Waals surface area contributed by atoms with Crippen LogP contribution in [0.25, 0.3) is 0 Å². The van der Waals surface area contributed by atoms with Gasteiger partial charge in [0.05, 0.1) is 13.2 Å². The lowest BCUT2D eigenvalue weighted by molar-refractivity contribution is -0.133. The Balaban J connectivity index is 1.55. The molecule has 4 heteroatoms. The highest BCUT2D eigenvalue weighted by atomic mass is 16.5. The van der Waals surface area contributed by atoms with Gasteiger partial charge >= 0.3 is 0 Å². The third-order valence-corrected chi connectivity index (χ3v) is 5.39. The lowest BCUT2D eigenvalue weighted by atomic mass is 9.88. The molecule has 2 heterocycles. The van der Waals surface area contributed by atoms with Gasteiger partial charge in [-0.15, -0.1) is 0 Å². The Bertz CT molecular complexity index is 938. The van der Waals surface area contributed by atoms with Crippen LogP contribution in [-0.2, 0) is 17.6 Å². The number of hydrogen-bond donors (Lipinski definition) is 0.